The molecule has 0 saturated heterocycles. The lowest BCUT2D eigenvalue weighted by molar-refractivity contribution is -0.0919. The predicted molar refractivity (Wildman–Crippen MR) is 94.3 cm³/mol. The first-order valence-electron chi connectivity index (χ1n) is 9.79. The smallest absolute Gasteiger partial charge is 0.0221 e. The molecule has 124 valence electrons. The Balaban J connectivity index is 1.40. The summed E-state index contributed by atoms with van der Waals surface area (Å²) in [4.78, 5) is 2.91. The van der Waals surface area contributed by atoms with Crippen LogP contribution in [0.15, 0.2) is 30.3 Å². The molecule has 2 nitrogen and oxygen atoms in total. The molecular formula is C21H30N2. The third-order valence-electron chi connectivity index (χ3n) is 7.37. The molecule has 5 aliphatic carbocycles. The second-order valence-electron chi connectivity index (χ2n) is 8.94. The Bertz CT molecular complexity index is 531. The summed E-state index contributed by atoms with van der Waals surface area (Å²) in [7, 11) is 0. The van der Waals surface area contributed by atoms with Gasteiger partial charge in [0.1, 0.15) is 0 Å². The number of benzene rings is 1. The van der Waals surface area contributed by atoms with Gasteiger partial charge in [-0.2, -0.15) is 0 Å². The molecule has 2 heteroatoms. The van der Waals surface area contributed by atoms with Crippen LogP contribution >= 0.6 is 0 Å². The van der Waals surface area contributed by atoms with Gasteiger partial charge in [0.15, 0.2) is 0 Å². The first-order valence-corrected chi connectivity index (χ1v) is 9.79. The first kappa shape index (κ1) is 14.5. The lowest BCUT2D eigenvalue weighted by Gasteiger charge is -2.61. The van der Waals surface area contributed by atoms with Crippen molar-refractivity contribution in [2.45, 2.75) is 62.4 Å². The van der Waals surface area contributed by atoms with Crippen LogP contribution in [-0.2, 0) is 0 Å². The van der Waals surface area contributed by atoms with E-state index in [-0.39, 0.29) is 0 Å². The van der Waals surface area contributed by atoms with Crippen LogP contribution in [0.4, 0.5) is 0 Å². The lowest BCUT2D eigenvalue weighted by Crippen LogP contribution is -2.61. The zero-order valence-corrected chi connectivity index (χ0v) is 14.2. The molecule has 2 atom stereocenters. The molecule has 0 spiro atoms. The number of nitrogens with zero attached hydrogens (tertiary/aromatic N) is 1. The highest BCUT2D eigenvalue weighted by atomic mass is 15.3. The van der Waals surface area contributed by atoms with Gasteiger partial charge < -0.3 is 5.73 Å². The minimum atomic E-state index is 0.516. The largest absolute Gasteiger partial charge is 0.329 e. The van der Waals surface area contributed by atoms with E-state index in [9.17, 15) is 0 Å². The molecule has 0 amide bonds. The Kier molecular flexibility index (Phi) is 3.35. The summed E-state index contributed by atoms with van der Waals surface area (Å²) >= 11 is 0. The van der Waals surface area contributed by atoms with Crippen LogP contribution in [0.25, 0.3) is 0 Å². The standard InChI is InChI=1S/C21H30N2/c22-6-7-23(20-11-19(20)18-4-2-1-3-5-18)21-12-15-8-16(13-21)10-17(9-15)14-21/h1-5,15-17,19-20H,6-14,22H2. The van der Waals surface area contributed by atoms with E-state index >= 15 is 0 Å². The van der Waals surface area contributed by atoms with E-state index in [2.05, 4.69) is 35.2 Å². The van der Waals surface area contributed by atoms with Gasteiger partial charge in [0, 0.05) is 30.6 Å². The van der Waals surface area contributed by atoms with Crippen molar-refractivity contribution in [3.63, 3.8) is 0 Å². The topological polar surface area (TPSA) is 29.3 Å². The van der Waals surface area contributed by atoms with Crippen molar-refractivity contribution in [3.05, 3.63) is 35.9 Å². The molecule has 2 N–H and O–H groups in total. The van der Waals surface area contributed by atoms with E-state index in [0.29, 0.717) is 5.54 Å². The summed E-state index contributed by atoms with van der Waals surface area (Å²) in [6.45, 7) is 1.93. The van der Waals surface area contributed by atoms with Crippen LogP contribution in [0.5, 0.6) is 0 Å². The fourth-order valence-corrected chi connectivity index (χ4v) is 6.90. The Hall–Kier alpha value is -0.860. The molecule has 5 aliphatic rings. The molecule has 5 saturated carbocycles. The molecule has 2 unspecified atom stereocenters. The van der Waals surface area contributed by atoms with Crippen LogP contribution in [0.2, 0.25) is 0 Å². The van der Waals surface area contributed by atoms with E-state index in [0.717, 1.165) is 42.8 Å². The van der Waals surface area contributed by atoms with Crippen LogP contribution < -0.4 is 5.73 Å². The zero-order valence-electron chi connectivity index (χ0n) is 14.2. The molecule has 0 radical (unpaired) electrons. The van der Waals surface area contributed by atoms with Crippen molar-refractivity contribution in [1.29, 1.82) is 0 Å². The fraction of sp³-hybridized carbons (Fsp3) is 0.714. The molecule has 0 aromatic heterocycles. The number of rotatable bonds is 5. The van der Waals surface area contributed by atoms with Crippen molar-refractivity contribution in [1.82, 2.24) is 4.90 Å². The summed E-state index contributed by atoms with van der Waals surface area (Å²) in [6.07, 6.45) is 10.4. The van der Waals surface area contributed by atoms with Gasteiger partial charge in [-0.25, -0.2) is 0 Å². The molecule has 0 aliphatic heterocycles. The second-order valence-corrected chi connectivity index (χ2v) is 8.94. The number of hydrogen-bond acceptors (Lipinski definition) is 2. The highest BCUT2D eigenvalue weighted by Gasteiger charge is 2.57. The molecule has 1 aromatic carbocycles. The van der Waals surface area contributed by atoms with Crippen LogP contribution in [0.3, 0.4) is 0 Å². The summed E-state index contributed by atoms with van der Waals surface area (Å²) in [5, 5.41) is 0. The van der Waals surface area contributed by atoms with Crippen LogP contribution in [0, 0.1) is 17.8 Å². The van der Waals surface area contributed by atoms with Gasteiger partial charge in [-0.05, 0) is 68.3 Å². The van der Waals surface area contributed by atoms with Crippen LogP contribution in [-0.4, -0.2) is 29.6 Å². The first-order chi connectivity index (χ1) is 11.3. The summed E-state index contributed by atoms with van der Waals surface area (Å²) in [5.74, 6) is 3.83. The molecule has 5 fully saturated rings. The van der Waals surface area contributed by atoms with Crippen molar-refractivity contribution in [3.8, 4) is 0 Å². The predicted octanol–water partition coefficient (Wildman–Crippen LogP) is 3.77. The SMILES string of the molecule is NCCN(C1CC1c1ccccc1)C12CC3CC(CC(C3)C1)C2. The molecule has 23 heavy (non-hydrogen) atoms. The molecule has 1 aromatic rings. The Morgan fingerprint density at radius 3 is 2.09 bits per heavy atom. The average Bonchev–Trinajstić information content (AvgIpc) is 3.32. The molecule has 0 heterocycles. The monoisotopic (exact) mass is 310 g/mol. The van der Waals surface area contributed by atoms with Crippen molar-refractivity contribution in [2.24, 2.45) is 23.5 Å². The van der Waals surface area contributed by atoms with E-state index in [4.69, 9.17) is 5.73 Å². The maximum absolute atomic E-state index is 6.06. The maximum Gasteiger partial charge on any atom is 0.0221 e. The second kappa shape index (κ2) is 5.32. The highest BCUT2D eigenvalue weighted by molar-refractivity contribution is 5.29. The summed E-state index contributed by atoms with van der Waals surface area (Å²) < 4.78 is 0. The number of nitrogens with two attached hydrogens (primary N) is 1. The van der Waals surface area contributed by atoms with Gasteiger partial charge in [0.05, 0.1) is 0 Å². The Morgan fingerprint density at radius 2 is 1.52 bits per heavy atom. The van der Waals surface area contributed by atoms with Gasteiger partial charge in [0.25, 0.3) is 0 Å². The van der Waals surface area contributed by atoms with E-state index in [1.54, 1.807) is 5.56 Å². The molecular weight excluding hydrogens is 280 g/mol. The minimum absolute atomic E-state index is 0.516. The van der Waals surface area contributed by atoms with Crippen LogP contribution in [0.1, 0.15) is 56.4 Å². The highest BCUT2D eigenvalue weighted by Crippen LogP contribution is 2.60. The molecule has 4 bridgehead atoms. The summed E-state index contributed by atoms with van der Waals surface area (Å²) in [5.41, 5.74) is 8.12. The van der Waals surface area contributed by atoms with E-state index in [1.807, 2.05) is 0 Å². The van der Waals surface area contributed by atoms with Gasteiger partial charge in [-0.1, -0.05) is 30.3 Å². The van der Waals surface area contributed by atoms with Gasteiger partial charge in [-0.15, -0.1) is 0 Å². The van der Waals surface area contributed by atoms with Gasteiger partial charge in [-0.3, -0.25) is 4.90 Å². The zero-order chi connectivity index (χ0) is 15.4. The third-order valence-corrected chi connectivity index (χ3v) is 7.37. The Labute approximate surface area is 140 Å². The number of hydrogen-bond donors (Lipinski definition) is 1. The summed E-state index contributed by atoms with van der Waals surface area (Å²) in [6, 6.07) is 11.9. The van der Waals surface area contributed by atoms with Crippen molar-refractivity contribution in [2.75, 3.05) is 13.1 Å². The maximum atomic E-state index is 6.06. The van der Waals surface area contributed by atoms with Gasteiger partial charge >= 0.3 is 0 Å². The minimum Gasteiger partial charge on any atom is -0.329 e. The fourth-order valence-electron chi connectivity index (χ4n) is 6.90. The molecule has 6 rings (SSSR count). The van der Waals surface area contributed by atoms with Crippen molar-refractivity contribution < 1.29 is 0 Å². The van der Waals surface area contributed by atoms with Crippen molar-refractivity contribution >= 4 is 0 Å². The van der Waals surface area contributed by atoms with Gasteiger partial charge in [0.2, 0.25) is 0 Å². The average molecular weight is 310 g/mol. The third kappa shape index (κ3) is 2.37. The normalized spacial score (nSPS) is 44.0. The Morgan fingerprint density at radius 1 is 0.913 bits per heavy atom. The quantitative estimate of drug-likeness (QED) is 0.897. The van der Waals surface area contributed by atoms with E-state index < -0.39 is 0 Å². The lowest BCUT2D eigenvalue weighted by atomic mass is 9.52. The van der Waals surface area contributed by atoms with E-state index in [1.165, 1.54) is 44.9 Å².